The van der Waals surface area contributed by atoms with Gasteiger partial charge in [-0.25, -0.2) is 0 Å². The Morgan fingerprint density at radius 3 is 2.85 bits per heavy atom. The van der Waals surface area contributed by atoms with Crippen molar-refractivity contribution in [1.29, 1.82) is 5.26 Å². The third-order valence-electron chi connectivity index (χ3n) is 1.68. The molecule has 0 amide bonds. The molecule has 0 saturated heterocycles. The van der Waals surface area contributed by atoms with Gasteiger partial charge in [0.1, 0.15) is 0 Å². The molecule has 0 bridgehead atoms. The van der Waals surface area contributed by atoms with Gasteiger partial charge in [0.25, 0.3) is 0 Å². The van der Waals surface area contributed by atoms with Gasteiger partial charge < -0.3 is 5.11 Å². The molecule has 1 aromatic carbocycles. The first-order chi connectivity index (χ1) is 6.03. The van der Waals surface area contributed by atoms with E-state index >= 15 is 0 Å². The predicted molar refractivity (Wildman–Crippen MR) is 54.1 cm³/mol. The van der Waals surface area contributed by atoms with Crippen LogP contribution in [-0.2, 0) is 6.42 Å². The van der Waals surface area contributed by atoms with Gasteiger partial charge in [-0.05, 0) is 24.6 Å². The molecule has 3 heteroatoms. The maximum absolute atomic E-state index is 9.49. The SMILES string of the molecule is CC(O)(C#N)Cc1cccc(Br)c1. The van der Waals surface area contributed by atoms with Crippen LogP contribution in [-0.4, -0.2) is 10.7 Å². The summed E-state index contributed by atoms with van der Waals surface area (Å²) in [5.41, 5.74) is -0.332. The Hall–Kier alpha value is -0.850. The van der Waals surface area contributed by atoms with Crippen molar-refractivity contribution in [3.8, 4) is 6.07 Å². The Bertz CT molecular complexity index is 341. The third kappa shape index (κ3) is 3.17. The molecule has 0 saturated carbocycles. The molecular weight excluding hydrogens is 230 g/mol. The van der Waals surface area contributed by atoms with Gasteiger partial charge in [0.2, 0.25) is 0 Å². The fourth-order valence-electron chi connectivity index (χ4n) is 1.08. The Morgan fingerprint density at radius 2 is 2.31 bits per heavy atom. The van der Waals surface area contributed by atoms with E-state index in [-0.39, 0.29) is 0 Å². The molecule has 2 nitrogen and oxygen atoms in total. The van der Waals surface area contributed by atoms with E-state index in [0.29, 0.717) is 6.42 Å². The first kappa shape index (κ1) is 10.2. The minimum atomic E-state index is -1.28. The van der Waals surface area contributed by atoms with Crippen LogP contribution < -0.4 is 0 Å². The van der Waals surface area contributed by atoms with Gasteiger partial charge in [-0.2, -0.15) is 5.26 Å². The molecule has 0 heterocycles. The summed E-state index contributed by atoms with van der Waals surface area (Å²) < 4.78 is 0.957. The first-order valence-corrected chi connectivity index (χ1v) is 4.71. The van der Waals surface area contributed by atoms with Gasteiger partial charge in [0, 0.05) is 10.9 Å². The van der Waals surface area contributed by atoms with Crippen molar-refractivity contribution >= 4 is 15.9 Å². The minimum absolute atomic E-state index is 0.350. The quantitative estimate of drug-likeness (QED) is 0.806. The van der Waals surface area contributed by atoms with Crippen LogP contribution >= 0.6 is 15.9 Å². The molecule has 0 aliphatic carbocycles. The number of benzene rings is 1. The summed E-state index contributed by atoms with van der Waals surface area (Å²) in [4.78, 5) is 0. The van der Waals surface area contributed by atoms with Crippen LogP contribution in [0.4, 0.5) is 0 Å². The molecule has 0 aliphatic heterocycles. The van der Waals surface area contributed by atoms with Crippen molar-refractivity contribution in [3.63, 3.8) is 0 Å². The van der Waals surface area contributed by atoms with Crippen LogP contribution in [0, 0.1) is 11.3 Å². The summed E-state index contributed by atoms with van der Waals surface area (Å²) in [6.45, 7) is 1.51. The number of hydrogen-bond acceptors (Lipinski definition) is 2. The van der Waals surface area contributed by atoms with Gasteiger partial charge in [-0.3, -0.25) is 0 Å². The maximum atomic E-state index is 9.49. The smallest absolute Gasteiger partial charge is 0.152 e. The zero-order valence-electron chi connectivity index (χ0n) is 7.29. The lowest BCUT2D eigenvalue weighted by Crippen LogP contribution is -2.24. The maximum Gasteiger partial charge on any atom is 0.152 e. The number of halogens is 1. The van der Waals surface area contributed by atoms with Crippen LogP contribution in [0.3, 0.4) is 0 Å². The summed E-state index contributed by atoms with van der Waals surface area (Å²) >= 11 is 3.33. The average Bonchev–Trinajstić information content (AvgIpc) is 2.03. The molecule has 13 heavy (non-hydrogen) atoms. The summed E-state index contributed by atoms with van der Waals surface area (Å²) in [6, 6.07) is 9.42. The predicted octanol–water partition coefficient (Wildman–Crippen LogP) is 2.27. The van der Waals surface area contributed by atoms with Crippen molar-refractivity contribution in [1.82, 2.24) is 0 Å². The molecule has 0 fully saturated rings. The van der Waals surface area contributed by atoms with Crippen molar-refractivity contribution in [2.45, 2.75) is 18.9 Å². The van der Waals surface area contributed by atoms with Crippen molar-refractivity contribution in [3.05, 3.63) is 34.3 Å². The van der Waals surface area contributed by atoms with Crippen LogP contribution in [0.15, 0.2) is 28.7 Å². The van der Waals surface area contributed by atoms with E-state index < -0.39 is 5.60 Å². The van der Waals surface area contributed by atoms with Gasteiger partial charge in [0.15, 0.2) is 5.60 Å². The summed E-state index contributed by atoms with van der Waals surface area (Å²) in [5, 5.41) is 18.1. The Labute approximate surface area is 85.9 Å². The number of hydrogen-bond donors (Lipinski definition) is 1. The highest BCUT2D eigenvalue weighted by Gasteiger charge is 2.19. The fraction of sp³-hybridized carbons (Fsp3) is 0.300. The Balaban J connectivity index is 2.82. The van der Waals surface area contributed by atoms with Crippen LogP contribution in [0.1, 0.15) is 12.5 Å². The van der Waals surface area contributed by atoms with Gasteiger partial charge in [0.05, 0.1) is 6.07 Å². The largest absolute Gasteiger partial charge is 0.375 e. The van der Waals surface area contributed by atoms with Crippen LogP contribution in [0.25, 0.3) is 0 Å². The van der Waals surface area contributed by atoms with Crippen LogP contribution in [0.5, 0.6) is 0 Å². The molecule has 0 aliphatic rings. The zero-order valence-corrected chi connectivity index (χ0v) is 8.87. The lowest BCUT2D eigenvalue weighted by atomic mass is 9.98. The summed E-state index contributed by atoms with van der Waals surface area (Å²) in [5.74, 6) is 0. The van der Waals surface area contributed by atoms with Gasteiger partial charge in [-0.1, -0.05) is 28.1 Å². The minimum Gasteiger partial charge on any atom is -0.375 e. The highest BCUT2D eigenvalue weighted by atomic mass is 79.9. The Kier molecular flexibility index (Phi) is 3.07. The monoisotopic (exact) mass is 239 g/mol. The fourth-order valence-corrected chi connectivity index (χ4v) is 1.53. The van der Waals surface area contributed by atoms with E-state index in [4.69, 9.17) is 5.26 Å². The topological polar surface area (TPSA) is 44.0 Å². The van der Waals surface area contributed by atoms with E-state index in [0.717, 1.165) is 10.0 Å². The summed E-state index contributed by atoms with van der Waals surface area (Å²) in [6.07, 6.45) is 0.350. The van der Waals surface area contributed by atoms with Gasteiger partial charge in [-0.15, -0.1) is 0 Å². The van der Waals surface area contributed by atoms with Crippen molar-refractivity contribution in [2.24, 2.45) is 0 Å². The highest BCUT2D eigenvalue weighted by Crippen LogP contribution is 2.16. The molecule has 1 aromatic rings. The Morgan fingerprint density at radius 1 is 1.62 bits per heavy atom. The van der Waals surface area contributed by atoms with E-state index in [9.17, 15) is 5.11 Å². The standard InChI is InChI=1S/C10H10BrNO/c1-10(13,7-12)6-8-3-2-4-9(11)5-8/h2-5,13H,6H2,1H3. The molecule has 0 spiro atoms. The lowest BCUT2D eigenvalue weighted by Gasteiger charge is -2.13. The van der Waals surface area contributed by atoms with E-state index in [2.05, 4.69) is 15.9 Å². The second-order valence-electron chi connectivity index (χ2n) is 3.19. The zero-order chi connectivity index (χ0) is 9.90. The number of nitrogens with zero attached hydrogens (tertiary/aromatic N) is 1. The molecule has 1 atom stereocenters. The molecule has 0 radical (unpaired) electrons. The van der Waals surface area contributed by atoms with Crippen molar-refractivity contribution < 1.29 is 5.11 Å². The van der Waals surface area contributed by atoms with Gasteiger partial charge >= 0.3 is 0 Å². The number of nitriles is 1. The normalized spacial score (nSPS) is 14.6. The molecule has 1 N–H and O–H groups in total. The third-order valence-corrected chi connectivity index (χ3v) is 2.17. The molecule has 68 valence electrons. The molecule has 0 aromatic heterocycles. The van der Waals surface area contributed by atoms with Crippen molar-refractivity contribution in [2.75, 3.05) is 0 Å². The summed E-state index contributed by atoms with van der Waals surface area (Å²) in [7, 11) is 0. The molecule has 1 unspecified atom stereocenters. The van der Waals surface area contributed by atoms with E-state index in [1.165, 1.54) is 6.92 Å². The lowest BCUT2D eigenvalue weighted by molar-refractivity contribution is 0.120. The second kappa shape index (κ2) is 3.91. The number of rotatable bonds is 2. The van der Waals surface area contributed by atoms with E-state index in [1.54, 1.807) is 0 Å². The second-order valence-corrected chi connectivity index (χ2v) is 4.11. The molecule has 1 rings (SSSR count). The first-order valence-electron chi connectivity index (χ1n) is 3.91. The molecular formula is C10H10BrNO. The number of aliphatic hydroxyl groups is 1. The van der Waals surface area contributed by atoms with E-state index in [1.807, 2.05) is 30.3 Å². The van der Waals surface area contributed by atoms with Crippen LogP contribution in [0.2, 0.25) is 0 Å². The highest BCUT2D eigenvalue weighted by molar-refractivity contribution is 9.10. The average molecular weight is 240 g/mol.